The van der Waals surface area contributed by atoms with Crippen molar-refractivity contribution in [3.63, 3.8) is 0 Å². The van der Waals surface area contributed by atoms with Crippen LogP contribution in [0.25, 0.3) is 0 Å². The number of carbonyl (C=O) groups excluding carboxylic acids is 1. The van der Waals surface area contributed by atoms with E-state index in [1.165, 1.54) is 12.1 Å². The van der Waals surface area contributed by atoms with Crippen LogP contribution in [0, 0.1) is 0 Å². The van der Waals surface area contributed by atoms with Crippen molar-refractivity contribution < 1.29 is 34.4 Å². The van der Waals surface area contributed by atoms with E-state index in [9.17, 15) is 14.4 Å². The second kappa shape index (κ2) is 7.85. The van der Waals surface area contributed by atoms with Gasteiger partial charge < -0.3 is 25.4 Å². The van der Waals surface area contributed by atoms with E-state index in [0.717, 1.165) is 0 Å². The number of rotatable bonds is 7. The Balaban J connectivity index is 2.56. The Morgan fingerprint density at radius 2 is 1.76 bits per heavy atom. The maximum Gasteiger partial charge on any atom is 0.413 e. The van der Waals surface area contributed by atoms with Gasteiger partial charge >= 0.3 is 18.0 Å². The Bertz CT molecular complexity index is 512. The zero-order valence-electron chi connectivity index (χ0n) is 11.0. The Hall–Kier alpha value is -2.61. The molecule has 8 nitrogen and oxygen atoms in total. The topological polar surface area (TPSA) is 133 Å². The number of aliphatic hydroxyl groups is 1. The average Bonchev–Trinajstić information content (AvgIpc) is 2.43. The molecular weight excluding hydrogens is 282 g/mol. The lowest BCUT2D eigenvalue weighted by atomic mass is 10.1. The molecule has 0 saturated heterocycles. The number of ether oxygens (including phenoxy) is 1. The first-order chi connectivity index (χ1) is 9.92. The van der Waals surface area contributed by atoms with Crippen LogP contribution in [0.2, 0.25) is 0 Å². The maximum atomic E-state index is 11.5. The molecule has 0 aromatic heterocycles. The van der Waals surface area contributed by atoms with Gasteiger partial charge in [-0.3, -0.25) is 4.79 Å². The molecule has 8 heteroatoms. The molecular formula is C13H15NO7. The summed E-state index contributed by atoms with van der Waals surface area (Å²) in [5, 5.41) is 28.3. The number of carboxylic acid groups (broad SMARTS) is 2. The fourth-order valence-electron chi connectivity index (χ4n) is 1.47. The first-order valence-electron chi connectivity index (χ1n) is 6.05. The Labute approximate surface area is 120 Å². The number of aliphatic hydroxyl groups excluding tert-OH is 1. The highest BCUT2D eigenvalue weighted by Gasteiger charge is 2.21. The van der Waals surface area contributed by atoms with E-state index in [1.54, 1.807) is 12.1 Å². The van der Waals surface area contributed by atoms with Crippen LogP contribution >= 0.6 is 0 Å². The molecule has 1 atom stereocenters. The third kappa shape index (κ3) is 5.91. The summed E-state index contributed by atoms with van der Waals surface area (Å²) in [4.78, 5) is 32.8. The van der Waals surface area contributed by atoms with E-state index in [2.05, 4.69) is 5.32 Å². The number of hydrogen-bond acceptors (Lipinski definition) is 5. The SMILES string of the molecule is O=C(O)CCC(NC(=O)Oc1ccc(CO)cc1)C(=O)O. The highest BCUT2D eigenvalue weighted by atomic mass is 16.6. The van der Waals surface area contributed by atoms with E-state index in [-0.39, 0.29) is 25.2 Å². The molecule has 1 amide bonds. The number of hydrogen-bond donors (Lipinski definition) is 4. The zero-order valence-corrected chi connectivity index (χ0v) is 11.0. The maximum absolute atomic E-state index is 11.5. The highest BCUT2D eigenvalue weighted by molar-refractivity contribution is 5.81. The molecule has 1 aromatic carbocycles. The van der Waals surface area contributed by atoms with Crippen LogP contribution in [0.1, 0.15) is 18.4 Å². The number of carboxylic acids is 2. The second-order valence-corrected chi connectivity index (χ2v) is 4.16. The summed E-state index contributed by atoms with van der Waals surface area (Å²) in [7, 11) is 0. The quantitative estimate of drug-likeness (QED) is 0.578. The summed E-state index contributed by atoms with van der Waals surface area (Å²) in [6, 6.07) is 4.63. The molecule has 0 radical (unpaired) electrons. The largest absolute Gasteiger partial charge is 0.481 e. The van der Waals surface area contributed by atoms with Crippen molar-refractivity contribution in [3.05, 3.63) is 29.8 Å². The van der Waals surface area contributed by atoms with Crippen molar-refractivity contribution >= 4 is 18.0 Å². The van der Waals surface area contributed by atoms with Crippen LogP contribution in [-0.4, -0.2) is 39.4 Å². The van der Waals surface area contributed by atoms with E-state index < -0.39 is 24.1 Å². The zero-order chi connectivity index (χ0) is 15.8. The first-order valence-corrected chi connectivity index (χ1v) is 6.05. The van der Waals surface area contributed by atoms with Gasteiger partial charge in [-0.2, -0.15) is 0 Å². The molecule has 0 spiro atoms. The summed E-state index contributed by atoms with van der Waals surface area (Å²) in [6.07, 6.45) is -1.63. The van der Waals surface area contributed by atoms with E-state index in [0.29, 0.717) is 5.56 Å². The molecule has 0 bridgehead atoms. The normalized spacial score (nSPS) is 11.5. The fraction of sp³-hybridized carbons (Fsp3) is 0.308. The van der Waals surface area contributed by atoms with Crippen molar-refractivity contribution in [2.45, 2.75) is 25.5 Å². The van der Waals surface area contributed by atoms with Crippen LogP contribution in [-0.2, 0) is 16.2 Å². The Morgan fingerprint density at radius 1 is 1.14 bits per heavy atom. The smallest absolute Gasteiger partial charge is 0.413 e. The minimum Gasteiger partial charge on any atom is -0.481 e. The molecule has 0 saturated carbocycles. The molecule has 1 aromatic rings. The molecule has 4 N–H and O–H groups in total. The molecule has 114 valence electrons. The number of carbonyl (C=O) groups is 3. The van der Waals surface area contributed by atoms with Crippen molar-refractivity contribution in [1.82, 2.24) is 5.32 Å². The van der Waals surface area contributed by atoms with Crippen LogP contribution < -0.4 is 10.1 Å². The number of benzene rings is 1. The number of amides is 1. The monoisotopic (exact) mass is 297 g/mol. The van der Waals surface area contributed by atoms with Gasteiger partial charge in [0.1, 0.15) is 11.8 Å². The lowest BCUT2D eigenvalue weighted by molar-refractivity contribution is -0.140. The first kappa shape index (κ1) is 16.4. The molecule has 1 unspecified atom stereocenters. The van der Waals surface area contributed by atoms with Gasteiger partial charge in [-0.05, 0) is 24.1 Å². The summed E-state index contributed by atoms with van der Waals surface area (Å²) >= 11 is 0. The summed E-state index contributed by atoms with van der Waals surface area (Å²) in [5.41, 5.74) is 0.632. The third-order valence-electron chi connectivity index (χ3n) is 2.55. The molecule has 1 rings (SSSR count). The number of nitrogens with one attached hydrogen (secondary N) is 1. The van der Waals surface area contributed by atoms with E-state index >= 15 is 0 Å². The molecule has 0 aliphatic heterocycles. The van der Waals surface area contributed by atoms with Gasteiger partial charge in [0.05, 0.1) is 6.61 Å². The molecule has 21 heavy (non-hydrogen) atoms. The van der Waals surface area contributed by atoms with Gasteiger partial charge in [-0.15, -0.1) is 0 Å². The third-order valence-corrected chi connectivity index (χ3v) is 2.55. The van der Waals surface area contributed by atoms with Crippen LogP contribution in [0.5, 0.6) is 5.75 Å². The Morgan fingerprint density at radius 3 is 2.24 bits per heavy atom. The van der Waals surface area contributed by atoms with Gasteiger partial charge in [0.2, 0.25) is 0 Å². The van der Waals surface area contributed by atoms with Gasteiger partial charge in [0.15, 0.2) is 0 Å². The number of aliphatic carboxylic acids is 2. The lowest BCUT2D eigenvalue weighted by Gasteiger charge is -2.13. The van der Waals surface area contributed by atoms with Crippen molar-refractivity contribution in [3.8, 4) is 5.75 Å². The van der Waals surface area contributed by atoms with Crippen LogP contribution in [0.4, 0.5) is 4.79 Å². The average molecular weight is 297 g/mol. The summed E-state index contributed by atoms with van der Waals surface area (Å²) in [5.74, 6) is -2.33. The van der Waals surface area contributed by atoms with Gasteiger partial charge in [-0.1, -0.05) is 12.1 Å². The minimum absolute atomic E-state index is 0.150. The summed E-state index contributed by atoms with van der Waals surface area (Å²) < 4.78 is 4.86. The summed E-state index contributed by atoms with van der Waals surface area (Å²) in [6.45, 7) is -0.150. The van der Waals surface area contributed by atoms with Crippen molar-refractivity contribution in [2.75, 3.05) is 0 Å². The minimum atomic E-state index is -1.34. The highest BCUT2D eigenvalue weighted by Crippen LogP contribution is 2.12. The Kier molecular flexibility index (Phi) is 6.15. The van der Waals surface area contributed by atoms with Crippen LogP contribution in [0.3, 0.4) is 0 Å². The van der Waals surface area contributed by atoms with E-state index in [4.69, 9.17) is 20.1 Å². The second-order valence-electron chi connectivity index (χ2n) is 4.16. The predicted octanol–water partition coefficient (Wildman–Crippen LogP) is 0.585. The van der Waals surface area contributed by atoms with E-state index in [1.807, 2.05) is 0 Å². The molecule has 0 aliphatic rings. The fourth-order valence-corrected chi connectivity index (χ4v) is 1.47. The predicted molar refractivity (Wildman–Crippen MR) is 69.8 cm³/mol. The molecule has 0 fully saturated rings. The van der Waals surface area contributed by atoms with Crippen molar-refractivity contribution in [2.24, 2.45) is 0 Å². The lowest BCUT2D eigenvalue weighted by Crippen LogP contribution is -2.42. The van der Waals surface area contributed by atoms with Gasteiger partial charge in [0.25, 0.3) is 0 Å². The van der Waals surface area contributed by atoms with Crippen molar-refractivity contribution in [1.29, 1.82) is 0 Å². The molecule has 0 heterocycles. The standard InChI is InChI=1S/C13H15NO7/c15-7-8-1-3-9(4-2-8)21-13(20)14-10(12(18)19)5-6-11(16)17/h1-4,10,15H,5-7H2,(H,14,20)(H,16,17)(H,18,19). The van der Waals surface area contributed by atoms with Gasteiger partial charge in [-0.25, -0.2) is 9.59 Å². The molecule has 0 aliphatic carbocycles. The van der Waals surface area contributed by atoms with Gasteiger partial charge in [0, 0.05) is 6.42 Å². The van der Waals surface area contributed by atoms with Crippen LogP contribution in [0.15, 0.2) is 24.3 Å².